The lowest BCUT2D eigenvalue weighted by Crippen LogP contribution is -2.49. The van der Waals surface area contributed by atoms with E-state index in [1.807, 2.05) is 19.1 Å². The van der Waals surface area contributed by atoms with Gasteiger partial charge in [0.25, 0.3) is 0 Å². The molecule has 0 aromatic heterocycles. The van der Waals surface area contributed by atoms with Gasteiger partial charge in [-0.05, 0) is 49.9 Å². The van der Waals surface area contributed by atoms with Gasteiger partial charge in [0.15, 0.2) is 0 Å². The highest BCUT2D eigenvalue weighted by atomic mass is 32.2. The summed E-state index contributed by atoms with van der Waals surface area (Å²) in [5.41, 5.74) is 1.08. The van der Waals surface area contributed by atoms with E-state index in [-0.39, 0.29) is 0 Å². The number of rotatable bonds is 4. The van der Waals surface area contributed by atoms with Crippen molar-refractivity contribution in [2.75, 3.05) is 45.8 Å². The molecule has 3 atom stereocenters. The molecule has 4 rings (SSSR count). The first-order valence-electron chi connectivity index (χ1n) is 8.55. The van der Waals surface area contributed by atoms with E-state index in [2.05, 4.69) is 10.2 Å². The number of nitrogens with zero attached hydrogens (tertiary/aromatic N) is 2. The molecule has 1 aromatic rings. The van der Waals surface area contributed by atoms with E-state index in [1.165, 1.54) is 13.1 Å². The molecule has 1 aliphatic carbocycles. The summed E-state index contributed by atoms with van der Waals surface area (Å²) < 4.78 is 27.0. The first-order valence-corrected chi connectivity index (χ1v) is 9.99. The van der Waals surface area contributed by atoms with E-state index in [0.717, 1.165) is 43.0 Å². The Morgan fingerprint density at radius 2 is 1.65 bits per heavy atom. The van der Waals surface area contributed by atoms with Gasteiger partial charge in [0.1, 0.15) is 0 Å². The van der Waals surface area contributed by atoms with Crippen molar-refractivity contribution in [1.82, 2.24) is 14.5 Å². The van der Waals surface area contributed by atoms with Gasteiger partial charge in [-0.15, -0.1) is 0 Å². The zero-order valence-electron chi connectivity index (χ0n) is 13.6. The molecule has 6 heteroatoms. The van der Waals surface area contributed by atoms with Gasteiger partial charge in [-0.1, -0.05) is 17.7 Å². The zero-order chi connectivity index (χ0) is 16.0. The monoisotopic (exact) mass is 335 g/mol. The quantitative estimate of drug-likeness (QED) is 0.883. The number of benzene rings is 1. The number of aryl methyl sites for hydroxylation is 1. The first-order chi connectivity index (χ1) is 11.1. The normalized spacial score (nSPS) is 32.0. The van der Waals surface area contributed by atoms with Crippen LogP contribution < -0.4 is 5.32 Å². The Hall–Kier alpha value is -0.950. The maximum absolute atomic E-state index is 12.7. The van der Waals surface area contributed by atoms with Gasteiger partial charge in [0.05, 0.1) is 4.90 Å². The van der Waals surface area contributed by atoms with Gasteiger partial charge in [-0.25, -0.2) is 8.42 Å². The Kier molecular flexibility index (Phi) is 3.96. The number of hydrogen-bond acceptors (Lipinski definition) is 4. The van der Waals surface area contributed by atoms with Gasteiger partial charge < -0.3 is 10.2 Å². The van der Waals surface area contributed by atoms with Crippen LogP contribution in [0.3, 0.4) is 0 Å². The third kappa shape index (κ3) is 2.93. The molecule has 1 saturated carbocycles. The Morgan fingerprint density at radius 1 is 1.04 bits per heavy atom. The van der Waals surface area contributed by atoms with Gasteiger partial charge in [0, 0.05) is 32.7 Å². The number of sulfonamides is 1. The average molecular weight is 335 g/mol. The van der Waals surface area contributed by atoms with Crippen LogP contribution in [0, 0.1) is 24.7 Å². The molecule has 2 saturated heterocycles. The van der Waals surface area contributed by atoms with Crippen LogP contribution in [0.25, 0.3) is 0 Å². The summed E-state index contributed by atoms with van der Waals surface area (Å²) in [5, 5.41) is 3.43. The maximum atomic E-state index is 12.7. The van der Waals surface area contributed by atoms with E-state index < -0.39 is 10.0 Å². The molecule has 0 radical (unpaired) electrons. The van der Waals surface area contributed by atoms with Gasteiger partial charge in [-0.3, -0.25) is 0 Å². The second kappa shape index (κ2) is 5.84. The largest absolute Gasteiger partial charge is 0.316 e. The van der Waals surface area contributed by atoms with Crippen molar-refractivity contribution in [3.05, 3.63) is 29.8 Å². The van der Waals surface area contributed by atoms with Gasteiger partial charge >= 0.3 is 0 Å². The van der Waals surface area contributed by atoms with Crippen LogP contribution in [0.15, 0.2) is 29.2 Å². The smallest absolute Gasteiger partial charge is 0.243 e. The molecular formula is C17H25N3O2S. The second-order valence-electron chi connectivity index (χ2n) is 7.17. The van der Waals surface area contributed by atoms with E-state index in [9.17, 15) is 8.42 Å². The van der Waals surface area contributed by atoms with Crippen molar-refractivity contribution in [3.63, 3.8) is 0 Å². The summed E-state index contributed by atoms with van der Waals surface area (Å²) in [7, 11) is -3.33. The Labute approximate surface area is 138 Å². The first kappa shape index (κ1) is 15.6. The summed E-state index contributed by atoms with van der Waals surface area (Å²) in [6.07, 6.45) is 0. The van der Waals surface area contributed by atoms with Crippen LogP contribution in [0.2, 0.25) is 0 Å². The molecule has 1 N–H and O–H groups in total. The summed E-state index contributed by atoms with van der Waals surface area (Å²) in [4.78, 5) is 2.86. The van der Waals surface area contributed by atoms with Crippen molar-refractivity contribution in [2.24, 2.45) is 17.8 Å². The van der Waals surface area contributed by atoms with Crippen LogP contribution in [0.4, 0.5) is 0 Å². The minimum atomic E-state index is -3.33. The molecule has 126 valence electrons. The lowest BCUT2D eigenvalue weighted by atomic mass is 10.2. The van der Waals surface area contributed by atoms with E-state index in [1.54, 1.807) is 16.4 Å². The summed E-state index contributed by atoms with van der Waals surface area (Å²) in [6, 6.07) is 7.16. The van der Waals surface area contributed by atoms with Crippen molar-refractivity contribution in [2.45, 2.75) is 11.8 Å². The van der Waals surface area contributed by atoms with Crippen molar-refractivity contribution >= 4 is 10.0 Å². The number of piperazine rings is 1. The lowest BCUT2D eigenvalue weighted by Gasteiger charge is -2.34. The number of hydrogen-bond donors (Lipinski definition) is 1. The van der Waals surface area contributed by atoms with Crippen LogP contribution in [0.1, 0.15) is 5.56 Å². The molecule has 3 aliphatic rings. The highest BCUT2D eigenvalue weighted by molar-refractivity contribution is 7.89. The highest BCUT2D eigenvalue weighted by Gasteiger charge is 2.53. The fourth-order valence-corrected chi connectivity index (χ4v) is 5.55. The molecule has 2 heterocycles. The van der Waals surface area contributed by atoms with Crippen LogP contribution in [0.5, 0.6) is 0 Å². The van der Waals surface area contributed by atoms with Crippen molar-refractivity contribution in [1.29, 1.82) is 0 Å². The SMILES string of the molecule is Cc1ccc(S(=O)(=O)N2CCN(CC3[C@H]4CNC[C@@H]34)CC2)cc1. The van der Waals surface area contributed by atoms with E-state index >= 15 is 0 Å². The fourth-order valence-electron chi connectivity index (χ4n) is 4.13. The minimum Gasteiger partial charge on any atom is -0.316 e. The third-order valence-corrected chi connectivity index (χ3v) is 7.64. The van der Waals surface area contributed by atoms with Crippen LogP contribution >= 0.6 is 0 Å². The number of nitrogens with one attached hydrogen (secondary N) is 1. The molecule has 0 spiro atoms. The fraction of sp³-hybridized carbons (Fsp3) is 0.647. The summed E-state index contributed by atoms with van der Waals surface area (Å²) in [5.74, 6) is 2.60. The molecule has 0 amide bonds. The zero-order valence-corrected chi connectivity index (χ0v) is 14.4. The predicted octanol–water partition coefficient (Wildman–Crippen LogP) is 0.767. The molecule has 23 heavy (non-hydrogen) atoms. The van der Waals surface area contributed by atoms with Gasteiger partial charge in [0.2, 0.25) is 10.0 Å². The van der Waals surface area contributed by atoms with Crippen LogP contribution in [-0.4, -0.2) is 63.4 Å². The molecule has 3 fully saturated rings. The highest BCUT2D eigenvalue weighted by Crippen LogP contribution is 2.48. The lowest BCUT2D eigenvalue weighted by molar-refractivity contribution is 0.176. The van der Waals surface area contributed by atoms with Crippen molar-refractivity contribution < 1.29 is 8.42 Å². The molecule has 1 aromatic carbocycles. The Bertz CT molecular complexity index is 656. The Morgan fingerprint density at radius 3 is 2.26 bits per heavy atom. The topological polar surface area (TPSA) is 52.7 Å². The molecule has 2 aliphatic heterocycles. The third-order valence-electron chi connectivity index (χ3n) is 5.73. The maximum Gasteiger partial charge on any atom is 0.243 e. The van der Waals surface area contributed by atoms with E-state index in [0.29, 0.717) is 18.0 Å². The second-order valence-corrected chi connectivity index (χ2v) is 9.11. The van der Waals surface area contributed by atoms with Crippen LogP contribution in [-0.2, 0) is 10.0 Å². The van der Waals surface area contributed by atoms with Gasteiger partial charge in [-0.2, -0.15) is 4.31 Å². The standard InChI is InChI=1S/C17H25N3O2S/c1-13-2-4-14(5-3-13)23(21,22)20-8-6-19(7-9-20)12-17-15-10-18-11-16(15)17/h2-5,15-18H,6-12H2,1H3/t15-,16+,17?. The summed E-state index contributed by atoms with van der Waals surface area (Å²) >= 11 is 0. The Balaban J connectivity index is 1.34. The minimum absolute atomic E-state index is 0.416. The van der Waals surface area contributed by atoms with Crippen molar-refractivity contribution in [3.8, 4) is 0 Å². The predicted molar refractivity (Wildman–Crippen MR) is 89.7 cm³/mol. The molecule has 0 bridgehead atoms. The number of piperidine rings is 1. The molecule has 1 unspecified atom stereocenters. The van der Waals surface area contributed by atoms with E-state index in [4.69, 9.17) is 0 Å². The average Bonchev–Trinajstić information content (AvgIpc) is 2.96. The number of fused-ring (bicyclic) bond motifs is 1. The molecular weight excluding hydrogens is 310 g/mol. The molecule has 5 nitrogen and oxygen atoms in total. The summed E-state index contributed by atoms with van der Waals surface area (Å²) in [6.45, 7) is 8.40.